The van der Waals surface area contributed by atoms with Gasteiger partial charge in [-0.1, -0.05) is 0 Å². The number of hydrogen-bond acceptors (Lipinski definition) is 3. The normalized spacial score (nSPS) is 21.4. The monoisotopic (exact) mass is 326 g/mol. The van der Waals surface area contributed by atoms with Crippen molar-refractivity contribution in [3.8, 4) is 0 Å². The third-order valence-corrected chi connectivity index (χ3v) is 4.30. The van der Waals surface area contributed by atoms with E-state index in [2.05, 4.69) is 20.8 Å². The molecule has 2 heterocycles. The largest absolute Gasteiger partial charge is 0.444 e. The maximum absolute atomic E-state index is 12.3. The molecule has 0 bridgehead atoms. The molecule has 0 atom stereocenters. The van der Waals surface area contributed by atoms with E-state index in [9.17, 15) is 4.79 Å². The molecule has 5 heteroatoms. The minimum atomic E-state index is 0.0129. The number of amides is 1. The van der Waals surface area contributed by atoms with Crippen LogP contribution < -0.4 is 0 Å². The first kappa shape index (κ1) is 13.2. The summed E-state index contributed by atoms with van der Waals surface area (Å²) < 4.78 is 5.96. The van der Waals surface area contributed by atoms with Gasteiger partial charge in [0.15, 0.2) is 10.4 Å². The summed E-state index contributed by atoms with van der Waals surface area (Å²) in [5.41, 5.74) is 0. The second kappa shape index (κ2) is 5.67. The van der Waals surface area contributed by atoms with Crippen LogP contribution in [-0.2, 0) is 0 Å². The number of nitrogens with zero attached hydrogens (tertiary/aromatic N) is 2. The lowest BCUT2D eigenvalue weighted by Crippen LogP contribution is -2.35. The smallest absolute Gasteiger partial charge is 0.289 e. The Bertz CT molecular complexity index is 456. The number of carbonyl (C=O) groups is 1. The van der Waals surface area contributed by atoms with Gasteiger partial charge in [-0.25, -0.2) is 0 Å². The topological polar surface area (TPSA) is 36.7 Å². The van der Waals surface area contributed by atoms with Gasteiger partial charge in [0, 0.05) is 26.2 Å². The van der Waals surface area contributed by atoms with Crippen molar-refractivity contribution in [3.05, 3.63) is 22.6 Å². The molecule has 0 N–H and O–H groups in total. The molecule has 3 rings (SSSR count). The molecule has 1 aromatic heterocycles. The zero-order chi connectivity index (χ0) is 13.2. The van der Waals surface area contributed by atoms with Gasteiger partial charge in [-0.3, -0.25) is 4.79 Å². The summed E-state index contributed by atoms with van der Waals surface area (Å²) in [6.07, 6.45) is 3.83. The van der Waals surface area contributed by atoms with E-state index in [1.165, 1.54) is 19.4 Å². The maximum atomic E-state index is 12.3. The van der Waals surface area contributed by atoms with E-state index in [0.717, 1.165) is 38.5 Å². The van der Waals surface area contributed by atoms with Gasteiger partial charge in [0.2, 0.25) is 0 Å². The standard InChI is InChI=1S/C14H19BrN2O2/c15-13-5-4-12(19-13)14(18)17-7-1-6-16(8-9-17)10-11-2-3-11/h4-5,11H,1-3,6-10H2. The second-order valence-corrected chi connectivity index (χ2v) is 6.28. The summed E-state index contributed by atoms with van der Waals surface area (Å²) in [7, 11) is 0. The van der Waals surface area contributed by atoms with Gasteiger partial charge in [-0.2, -0.15) is 0 Å². The molecule has 104 valence electrons. The van der Waals surface area contributed by atoms with Gasteiger partial charge < -0.3 is 14.2 Å². The van der Waals surface area contributed by atoms with Crippen molar-refractivity contribution >= 4 is 21.8 Å². The van der Waals surface area contributed by atoms with Gasteiger partial charge >= 0.3 is 0 Å². The Balaban J connectivity index is 1.57. The van der Waals surface area contributed by atoms with Crippen LogP contribution in [0.15, 0.2) is 21.2 Å². The zero-order valence-electron chi connectivity index (χ0n) is 11.0. The molecule has 1 aromatic rings. The molecule has 19 heavy (non-hydrogen) atoms. The van der Waals surface area contributed by atoms with E-state index in [1.54, 1.807) is 12.1 Å². The van der Waals surface area contributed by atoms with Crippen LogP contribution in [0, 0.1) is 5.92 Å². The first-order valence-electron chi connectivity index (χ1n) is 6.99. The number of halogens is 1. The van der Waals surface area contributed by atoms with Crippen molar-refractivity contribution in [1.82, 2.24) is 9.80 Å². The molecule has 1 aliphatic carbocycles. The predicted molar refractivity (Wildman–Crippen MR) is 76.1 cm³/mol. The quantitative estimate of drug-likeness (QED) is 0.856. The van der Waals surface area contributed by atoms with Crippen molar-refractivity contribution in [2.45, 2.75) is 19.3 Å². The molecule has 2 aliphatic rings. The Morgan fingerprint density at radius 1 is 1.26 bits per heavy atom. The highest BCUT2D eigenvalue weighted by Crippen LogP contribution is 2.30. The third-order valence-electron chi connectivity index (χ3n) is 3.87. The average molecular weight is 327 g/mol. The lowest BCUT2D eigenvalue weighted by Gasteiger charge is -2.21. The van der Waals surface area contributed by atoms with E-state index in [-0.39, 0.29) is 5.91 Å². The van der Waals surface area contributed by atoms with E-state index >= 15 is 0 Å². The molecule has 0 spiro atoms. The van der Waals surface area contributed by atoms with Crippen LogP contribution in [0.2, 0.25) is 0 Å². The van der Waals surface area contributed by atoms with Crippen LogP contribution in [0.5, 0.6) is 0 Å². The molecule has 0 unspecified atom stereocenters. The van der Waals surface area contributed by atoms with Gasteiger partial charge in [0.05, 0.1) is 0 Å². The molecule has 1 amide bonds. The molecule has 0 aromatic carbocycles. The Morgan fingerprint density at radius 2 is 2.11 bits per heavy atom. The minimum Gasteiger partial charge on any atom is -0.444 e. The lowest BCUT2D eigenvalue weighted by molar-refractivity contribution is 0.0728. The number of hydrogen-bond donors (Lipinski definition) is 0. The summed E-state index contributed by atoms with van der Waals surface area (Å²) in [5, 5.41) is 0. The fourth-order valence-electron chi connectivity index (χ4n) is 2.61. The van der Waals surface area contributed by atoms with Gasteiger partial charge in [-0.05, 0) is 59.8 Å². The van der Waals surface area contributed by atoms with E-state index in [4.69, 9.17) is 4.42 Å². The highest BCUT2D eigenvalue weighted by Gasteiger charge is 2.27. The molecular weight excluding hydrogens is 308 g/mol. The Hall–Kier alpha value is -0.810. The first-order chi connectivity index (χ1) is 9.22. The molecule has 2 fully saturated rings. The molecule has 4 nitrogen and oxygen atoms in total. The van der Waals surface area contributed by atoms with E-state index in [1.807, 2.05) is 4.90 Å². The summed E-state index contributed by atoms with van der Waals surface area (Å²) in [5.74, 6) is 1.37. The Labute approximate surface area is 121 Å². The fraction of sp³-hybridized carbons (Fsp3) is 0.643. The van der Waals surface area contributed by atoms with E-state index < -0.39 is 0 Å². The molecule has 0 radical (unpaired) electrons. The van der Waals surface area contributed by atoms with Crippen LogP contribution in [0.1, 0.15) is 29.8 Å². The van der Waals surface area contributed by atoms with Crippen molar-refractivity contribution < 1.29 is 9.21 Å². The molecule has 1 aliphatic heterocycles. The van der Waals surface area contributed by atoms with Gasteiger partial charge in [-0.15, -0.1) is 0 Å². The van der Waals surface area contributed by atoms with Crippen LogP contribution in [0.4, 0.5) is 0 Å². The zero-order valence-corrected chi connectivity index (χ0v) is 12.6. The summed E-state index contributed by atoms with van der Waals surface area (Å²) in [6.45, 7) is 4.96. The summed E-state index contributed by atoms with van der Waals surface area (Å²) in [4.78, 5) is 16.7. The third kappa shape index (κ3) is 3.39. The Kier molecular flexibility index (Phi) is 3.93. The van der Waals surface area contributed by atoms with Crippen LogP contribution in [0.3, 0.4) is 0 Å². The molecular formula is C14H19BrN2O2. The first-order valence-corrected chi connectivity index (χ1v) is 7.78. The van der Waals surface area contributed by atoms with Crippen molar-refractivity contribution in [3.63, 3.8) is 0 Å². The number of furan rings is 1. The van der Waals surface area contributed by atoms with E-state index in [0.29, 0.717) is 10.4 Å². The van der Waals surface area contributed by atoms with Crippen molar-refractivity contribution in [2.75, 3.05) is 32.7 Å². The number of carbonyl (C=O) groups excluding carboxylic acids is 1. The summed E-state index contributed by atoms with van der Waals surface area (Å²) >= 11 is 3.24. The van der Waals surface area contributed by atoms with Crippen LogP contribution >= 0.6 is 15.9 Å². The highest BCUT2D eigenvalue weighted by atomic mass is 79.9. The SMILES string of the molecule is O=C(c1ccc(Br)o1)N1CCCN(CC2CC2)CC1. The van der Waals surface area contributed by atoms with Crippen LogP contribution in [0.25, 0.3) is 0 Å². The van der Waals surface area contributed by atoms with Crippen molar-refractivity contribution in [1.29, 1.82) is 0 Å². The predicted octanol–water partition coefficient (Wildman–Crippen LogP) is 2.60. The Morgan fingerprint density at radius 3 is 2.79 bits per heavy atom. The fourth-order valence-corrected chi connectivity index (χ4v) is 2.91. The average Bonchev–Trinajstić information content (AvgIpc) is 3.15. The summed E-state index contributed by atoms with van der Waals surface area (Å²) in [6, 6.07) is 3.50. The highest BCUT2D eigenvalue weighted by molar-refractivity contribution is 9.10. The second-order valence-electron chi connectivity index (χ2n) is 5.49. The van der Waals surface area contributed by atoms with Crippen LogP contribution in [-0.4, -0.2) is 48.4 Å². The molecule has 1 saturated heterocycles. The minimum absolute atomic E-state index is 0.0129. The number of rotatable bonds is 3. The molecule has 1 saturated carbocycles. The van der Waals surface area contributed by atoms with Gasteiger partial charge in [0.25, 0.3) is 5.91 Å². The lowest BCUT2D eigenvalue weighted by atomic mass is 10.3. The van der Waals surface area contributed by atoms with Gasteiger partial charge in [0.1, 0.15) is 0 Å². The van der Waals surface area contributed by atoms with Crippen molar-refractivity contribution in [2.24, 2.45) is 5.92 Å². The maximum Gasteiger partial charge on any atom is 0.289 e.